The maximum atomic E-state index is 12.3. The molecule has 24 heavy (non-hydrogen) atoms. The van der Waals surface area contributed by atoms with E-state index in [0.717, 1.165) is 17.5 Å². The molecule has 3 heterocycles. The van der Waals surface area contributed by atoms with Crippen LogP contribution in [0, 0.1) is 12.8 Å². The van der Waals surface area contributed by atoms with E-state index in [0.29, 0.717) is 18.7 Å². The third kappa shape index (κ3) is 3.06. The maximum absolute atomic E-state index is 12.3. The Morgan fingerprint density at radius 1 is 1.46 bits per heavy atom. The van der Waals surface area contributed by atoms with Crippen molar-refractivity contribution in [2.45, 2.75) is 25.8 Å². The summed E-state index contributed by atoms with van der Waals surface area (Å²) in [5.41, 5.74) is 2.52. The minimum Gasteiger partial charge on any atom is -0.357 e. The molecular weight excluding hydrogens is 306 g/mol. The molecule has 2 amide bonds. The number of nitrogens with one attached hydrogen (secondary N) is 2. The number of carbonyl (C=O) groups excluding carboxylic acids is 2. The minimum absolute atomic E-state index is 0.0648. The van der Waals surface area contributed by atoms with Crippen molar-refractivity contribution in [2.75, 3.05) is 13.6 Å². The van der Waals surface area contributed by atoms with Gasteiger partial charge in [0.1, 0.15) is 5.69 Å². The van der Waals surface area contributed by atoms with Crippen molar-refractivity contribution in [1.29, 1.82) is 0 Å². The first kappa shape index (κ1) is 16.3. The van der Waals surface area contributed by atoms with Gasteiger partial charge in [-0.15, -0.1) is 0 Å². The molecule has 7 nitrogen and oxygen atoms in total. The Balaban J connectivity index is 1.74. The van der Waals surface area contributed by atoms with Gasteiger partial charge in [0.15, 0.2) is 0 Å². The molecular formula is C17H23N5O2. The molecule has 2 atom stereocenters. The van der Waals surface area contributed by atoms with Crippen LogP contribution in [0.15, 0.2) is 24.7 Å². The standard InChI is InChI=1S/C17H23N5O2/c1-11-6-7-18-15(11)17(24)19-8-12-4-5-14(23)22(3)16(12)13-9-20-21(2)10-13/h6-7,9-10,12,16,18H,4-5,8H2,1-3H3,(H,19,24)/t12-,16+/m1/s1. The predicted octanol–water partition coefficient (Wildman–Crippen LogP) is 1.40. The van der Waals surface area contributed by atoms with E-state index in [1.807, 2.05) is 33.3 Å². The number of likely N-dealkylation sites (tertiary alicyclic amines) is 1. The summed E-state index contributed by atoms with van der Waals surface area (Å²) in [6.07, 6.45) is 6.76. The summed E-state index contributed by atoms with van der Waals surface area (Å²) in [6.45, 7) is 2.42. The first-order chi connectivity index (χ1) is 11.5. The summed E-state index contributed by atoms with van der Waals surface area (Å²) < 4.78 is 1.74. The predicted molar refractivity (Wildman–Crippen MR) is 89.3 cm³/mol. The molecule has 0 radical (unpaired) electrons. The molecule has 1 aliphatic rings. The second-order valence-corrected chi connectivity index (χ2v) is 6.44. The van der Waals surface area contributed by atoms with Gasteiger partial charge in [0, 0.05) is 50.9 Å². The highest BCUT2D eigenvalue weighted by Gasteiger charge is 2.35. The van der Waals surface area contributed by atoms with Gasteiger partial charge in [0.25, 0.3) is 5.91 Å². The molecule has 1 saturated heterocycles. The van der Waals surface area contributed by atoms with Crippen LogP contribution < -0.4 is 5.32 Å². The van der Waals surface area contributed by atoms with Crippen LogP contribution in [0.2, 0.25) is 0 Å². The van der Waals surface area contributed by atoms with Crippen LogP contribution in [0.3, 0.4) is 0 Å². The summed E-state index contributed by atoms with van der Waals surface area (Å²) in [6, 6.07) is 1.81. The van der Waals surface area contributed by atoms with Crippen LogP contribution in [0.5, 0.6) is 0 Å². The van der Waals surface area contributed by atoms with Gasteiger partial charge in [-0.05, 0) is 25.0 Å². The van der Waals surface area contributed by atoms with Gasteiger partial charge < -0.3 is 15.2 Å². The van der Waals surface area contributed by atoms with E-state index >= 15 is 0 Å². The van der Waals surface area contributed by atoms with Crippen molar-refractivity contribution >= 4 is 11.8 Å². The molecule has 0 spiro atoms. The quantitative estimate of drug-likeness (QED) is 0.889. The average molecular weight is 329 g/mol. The first-order valence-corrected chi connectivity index (χ1v) is 8.13. The van der Waals surface area contributed by atoms with Crippen molar-refractivity contribution in [2.24, 2.45) is 13.0 Å². The highest BCUT2D eigenvalue weighted by atomic mass is 16.2. The van der Waals surface area contributed by atoms with Gasteiger partial charge in [-0.1, -0.05) is 0 Å². The number of nitrogens with zero attached hydrogens (tertiary/aromatic N) is 3. The zero-order valence-corrected chi connectivity index (χ0v) is 14.2. The fraction of sp³-hybridized carbons (Fsp3) is 0.471. The SMILES string of the molecule is Cc1cc[nH]c1C(=O)NC[C@H]1CCC(=O)N(C)[C@@H]1c1cnn(C)c1. The maximum Gasteiger partial charge on any atom is 0.267 e. The number of rotatable bonds is 4. The van der Waals surface area contributed by atoms with E-state index in [2.05, 4.69) is 15.4 Å². The van der Waals surface area contributed by atoms with Gasteiger partial charge in [0.2, 0.25) is 5.91 Å². The number of piperidine rings is 1. The molecule has 1 fully saturated rings. The summed E-state index contributed by atoms with van der Waals surface area (Å²) in [5, 5.41) is 7.22. The third-order valence-electron chi connectivity index (χ3n) is 4.76. The molecule has 2 aromatic heterocycles. The minimum atomic E-state index is -0.109. The lowest BCUT2D eigenvalue weighted by Gasteiger charge is -2.38. The molecule has 0 saturated carbocycles. The number of aromatic amines is 1. The summed E-state index contributed by atoms with van der Waals surface area (Å²) in [7, 11) is 3.68. The number of hydrogen-bond acceptors (Lipinski definition) is 3. The number of H-pyrrole nitrogens is 1. The fourth-order valence-corrected chi connectivity index (χ4v) is 3.42. The summed E-state index contributed by atoms with van der Waals surface area (Å²) in [4.78, 5) is 29.2. The molecule has 0 bridgehead atoms. The van der Waals surface area contributed by atoms with Crippen LogP contribution in [0.4, 0.5) is 0 Å². The Morgan fingerprint density at radius 2 is 2.25 bits per heavy atom. The van der Waals surface area contributed by atoms with Crippen molar-refractivity contribution < 1.29 is 9.59 Å². The van der Waals surface area contributed by atoms with Gasteiger partial charge in [-0.2, -0.15) is 5.10 Å². The molecule has 2 N–H and O–H groups in total. The number of aromatic nitrogens is 3. The fourth-order valence-electron chi connectivity index (χ4n) is 3.42. The number of aryl methyl sites for hydroxylation is 2. The van der Waals surface area contributed by atoms with Crippen molar-refractivity contribution in [3.05, 3.63) is 41.5 Å². The zero-order chi connectivity index (χ0) is 17.3. The van der Waals surface area contributed by atoms with E-state index in [1.54, 1.807) is 22.0 Å². The molecule has 2 aromatic rings. The second kappa shape index (κ2) is 6.51. The van der Waals surface area contributed by atoms with Crippen molar-refractivity contribution in [1.82, 2.24) is 25.0 Å². The van der Waals surface area contributed by atoms with Crippen LogP contribution in [-0.4, -0.2) is 45.1 Å². The van der Waals surface area contributed by atoms with E-state index in [9.17, 15) is 9.59 Å². The molecule has 128 valence electrons. The smallest absolute Gasteiger partial charge is 0.267 e. The number of amides is 2. The van der Waals surface area contributed by atoms with Crippen LogP contribution in [0.25, 0.3) is 0 Å². The van der Waals surface area contributed by atoms with Gasteiger partial charge in [-0.3, -0.25) is 14.3 Å². The summed E-state index contributed by atoms with van der Waals surface area (Å²) in [5.74, 6) is 0.185. The molecule has 7 heteroatoms. The Labute approximate surface area is 141 Å². The Hall–Kier alpha value is -2.57. The Bertz CT molecular complexity index is 748. The van der Waals surface area contributed by atoms with Gasteiger partial charge >= 0.3 is 0 Å². The van der Waals surface area contributed by atoms with Gasteiger partial charge in [-0.25, -0.2) is 0 Å². The highest BCUT2D eigenvalue weighted by molar-refractivity contribution is 5.93. The highest BCUT2D eigenvalue weighted by Crippen LogP contribution is 2.35. The largest absolute Gasteiger partial charge is 0.357 e. The summed E-state index contributed by atoms with van der Waals surface area (Å²) >= 11 is 0. The zero-order valence-electron chi connectivity index (χ0n) is 14.2. The number of carbonyl (C=O) groups is 2. The Morgan fingerprint density at radius 3 is 2.88 bits per heavy atom. The lowest BCUT2D eigenvalue weighted by Crippen LogP contribution is -2.44. The van der Waals surface area contributed by atoms with Crippen molar-refractivity contribution in [3.63, 3.8) is 0 Å². The second-order valence-electron chi connectivity index (χ2n) is 6.44. The first-order valence-electron chi connectivity index (χ1n) is 8.13. The van der Waals surface area contributed by atoms with E-state index < -0.39 is 0 Å². The monoisotopic (exact) mass is 329 g/mol. The van der Waals surface area contributed by atoms with Gasteiger partial charge in [0.05, 0.1) is 12.2 Å². The van der Waals surface area contributed by atoms with Crippen LogP contribution >= 0.6 is 0 Å². The lowest BCUT2D eigenvalue weighted by molar-refractivity contribution is -0.136. The molecule has 0 aliphatic carbocycles. The van der Waals surface area contributed by atoms with E-state index in [4.69, 9.17) is 0 Å². The topological polar surface area (TPSA) is 83.0 Å². The lowest BCUT2D eigenvalue weighted by atomic mass is 9.85. The van der Waals surface area contributed by atoms with E-state index in [1.165, 1.54) is 0 Å². The van der Waals surface area contributed by atoms with Crippen molar-refractivity contribution in [3.8, 4) is 0 Å². The molecule has 0 unspecified atom stereocenters. The average Bonchev–Trinajstić information content (AvgIpc) is 3.16. The Kier molecular flexibility index (Phi) is 4.42. The molecule has 0 aromatic carbocycles. The van der Waals surface area contributed by atoms with Crippen LogP contribution in [-0.2, 0) is 11.8 Å². The number of hydrogen-bond donors (Lipinski definition) is 2. The molecule has 1 aliphatic heterocycles. The normalized spacial score (nSPS) is 21.1. The molecule has 3 rings (SSSR count). The van der Waals surface area contributed by atoms with Crippen LogP contribution in [0.1, 0.15) is 40.5 Å². The third-order valence-corrected chi connectivity index (χ3v) is 4.76. The van der Waals surface area contributed by atoms with E-state index in [-0.39, 0.29) is 23.8 Å².